The number of carboxylic acid groups (broad SMARTS) is 1. The summed E-state index contributed by atoms with van der Waals surface area (Å²) in [5.41, 5.74) is 3.23. The third kappa shape index (κ3) is 3.84. The average Bonchev–Trinajstić information content (AvgIpc) is 2.96. The van der Waals surface area contributed by atoms with Crippen LogP contribution in [0.25, 0.3) is 11.3 Å². The third-order valence-corrected chi connectivity index (χ3v) is 3.32. The summed E-state index contributed by atoms with van der Waals surface area (Å²) in [6.07, 6.45) is 1.46. The van der Waals surface area contributed by atoms with Crippen LogP contribution in [0.5, 0.6) is 0 Å². The maximum Gasteiger partial charge on any atom is 0.337 e. The van der Waals surface area contributed by atoms with E-state index >= 15 is 0 Å². The molecule has 0 atom stereocenters. The van der Waals surface area contributed by atoms with Gasteiger partial charge in [0.25, 0.3) is 0 Å². The van der Waals surface area contributed by atoms with E-state index in [2.05, 4.69) is 15.8 Å². The molecule has 22 heavy (non-hydrogen) atoms. The molecule has 0 bridgehead atoms. The van der Waals surface area contributed by atoms with Crippen LogP contribution in [-0.4, -0.2) is 29.5 Å². The lowest BCUT2D eigenvalue weighted by atomic mass is 10.1. The molecule has 0 fully saturated rings. The number of thiocarbonyl (C=S) groups is 1. The second-order valence-corrected chi connectivity index (χ2v) is 4.97. The molecular weight excluding hydrogens is 326 g/mol. The molecule has 0 aliphatic rings. The van der Waals surface area contributed by atoms with Crippen molar-refractivity contribution >= 4 is 41.1 Å². The minimum atomic E-state index is -1.09. The Morgan fingerprint density at radius 1 is 1.41 bits per heavy atom. The molecule has 0 aliphatic heterocycles. The van der Waals surface area contributed by atoms with Gasteiger partial charge in [-0.05, 0) is 42.5 Å². The Labute approximate surface area is 136 Å². The first-order valence-corrected chi connectivity index (χ1v) is 6.93. The van der Waals surface area contributed by atoms with Crippen LogP contribution in [0.2, 0.25) is 5.02 Å². The molecule has 0 aliphatic carbocycles. The molecule has 0 saturated heterocycles. The number of hydrazone groups is 1. The minimum Gasteiger partial charge on any atom is -0.478 e. The number of halogens is 1. The van der Waals surface area contributed by atoms with Gasteiger partial charge in [-0.25, -0.2) is 4.79 Å². The predicted molar refractivity (Wildman–Crippen MR) is 88.5 cm³/mol. The number of rotatable bonds is 4. The van der Waals surface area contributed by atoms with Crippen molar-refractivity contribution < 1.29 is 14.3 Å². The second-order valence-electron chi connectivity index (χ2n) is 4.15. The van der Waals surface area contributed by atoms with Gasteiger partial charge in [-0.15, -0.1) is 0 Å². The number of furan rings is 1. The van der Waals surface area contributed by atoms with E-state index in [9.17, 15) is 4.79 Å². The fourth-order valence-corrected chi connectivity index (χ4v) is 1.88. The first kappa shape index (κ1) is 16.0. The summed E-state index contributed by atoms with van der Waals surface area (Å²) < 4.78 is 5.57. The molecule has 0 unspecified atom stereocenters. The van der Waals surface area contributed by atoms with E-state index in [1.807, 2.05) is 0 Å². The molecule has 2 aromatic rings. The van der Waals surface area contributed by atoms with Crippen molar-refractivity contribution in [3.05, 3.63) is 46.7 Å². The normalized spacial score (nSPS) is 10.6. The molecule has 1 aromatic carbocycles. The van der Waals surface area contributed by atoms with Gasteiger partial charge in [0.05, 0.1) is 16.8 Å². The molecule has 0 spiro atoms. The van der Waals surface area contributed by atoms with E-state index in [4.69, 9.17) is 33.3 Å². The van der Waals surface area contributed by atoms with Crippen molar-refractivity contribution in [2.45, 2.75) is 0 Å². The lowest BCUT2D eigenvalue weighted by Crippen LogP contribution is -2.28. The number of hydrogen-bond acceptors (Lipinski definition) is 4. The van der Waals surface area contributed by atoms with Crippen LogP contribution in [0.1, 0.15) is 16.1 Å². The van der Waals surface area contributed by atoms with Crippen molar-refractivity contribution in [2.75, 3.05) is 7.05 Å². The van der Waals surface area contributed by atoms with E-state index < -0.39 is 5.97 Å². The summed E-state index contributed by atoms with van der Waals surface area (Å²) in [6, 6.07) is 8.08. The standard InChI is InChI=1S/C14H12ClN3O3S/c1-16-14(22)18-17-7-9-3-5-12(21-9)8-2-4-11(15)10(6-8)13(19)20/h2-7H,1H3,(H,19,20)(H2,16,18,22)/b17-7-. The fourth-order valence-electron chi connectivity index (χ4n) is 1.63. The number of carboxylic acids is 1. The van der Waals surface area contributed by atoms with Gasteiger partial charge < -0.3 is 14.8 Å². The molecule has 1 heterocycles. The average molecular weight is 338 g/mol. The molecule has 8 heteroatoms. The lowest BCUT2D eigenvalue weighted by Gasteiger charge is -2.02. The van der Waals surface area contributed by atoms with Crippen molar-refractivity contribution in [1.29, 1.82) is 0 Å². The largest absolute Gasteiger partial charge is 0.478 e. The molecule has 1 aromatic heterocycles. The Morgan fingerprint density at radius 3 is 2.86 bits per heavy atom. The highest BCUT2D eigenvalue weighted by molar-refractivity contribution is 7.80. The first-order chi connectivity index (χ1) is 10.5. The molecule has 2 rings (SSSR count). The maximum atomic E-state index is 11.1. The van der Waals surface area contributed by atoms with E-state index in [1.165, 1.54) is 18.3 Å². The Bertz CT molecular complexity index is 743. The zero-order valence-corrected chi connectivity index (χ0v) is 13.0. The van der Waals surface area contributed by atoms with Crippen molar-refractivity contribution in [3.63, 3.8) is 0 Å². The van der Waals surface area contributed by atoms with E-state index in [-0.39, 0.29) is 10.6 Å². The first-order valence-electron chi connectivity index (χ1n) is 6.15. The van der Waals surface area contributed by atoms with Crippen LogP contribution in [0.3, 0.4) is 0 Å². The molecular formula is C14H12ClN3O3S. The summed E-state index contributed by atoms with van der Waals surface area (Å²) in [7, 11) is 1.68. The summed E-state index contributed by atoms with van der Waals surface area (Å²) in [5, 5.41) is 16.2. The predicted octanol–water partition coefficient (Wildman–Crippen LogP) is 2.73. The van der Waals surface area contributed by atoms with Crippen LogP contribution in [0.4, 0.5) is 0 Å². The zero-order valence-electron chi connectivity index (χ0n) is 11.5. The van der Waals surface area contributed by atoms with Gasteiger partial charge in [0.2, 0.25) is 0 Å². The quantitative estimate of drug-likeness (QED) is 0.452. The summed E-state index contributed by atoms with van der Waals surface area (Å²) in [6.45, 7) is 0. The number of nitrogens with zero attached hydrogens (tertiary/aromatic N) is 1. The zero-order chi connectivity index (χ0) is 16.1. The van der Waals surface area contributed by atoms with Crippen molar-refractivity contribution in [2.24, 2.45) is 5.10 Å². The number of aromatic carboxylic acids is 1. The number of carbonyl (C=O) groups is 1. The summed E-state index contributed by atoms with van der Waals surface area (Å²) in [5.74, 6) is -0.0880. The van der Waals surface area contributed by atoms with Crippen molar-refractivity contribution in [3.8, 4) is 11.3 Å². The van der Waals surface area contributed by atoms with Crippen LogP contribution in [0.15, 0.2) is 39.9 Å². The number of nitrogens with one attached hydrogen (secondary N) is 2. The Kier molecular flexibility index (Phi) is 5.13. The molecule has 0 saturated carbocycles. The van der Waals surface area contributed by atoms with Gasteiger partial charge in [0.1, 0.15) is 11.5 Å². The van der Waals surface area contributed by atoms with Gasteiger partial charge >= 0.3 is 5.97 Å². The SMILES string of the molecule is CNC(=S)N/N=C\c1ccc(-c2ccc(Cl)c(C(=O)O)c2)o1. The third-order valence-electron chi connectivity index (χ3n) is 2.69. The van der Waals surface area contributed by atoms with Gasteiger partial charge in [-0.1, -0.05) is 11.6 Å². The van der Waals surface area contributed by atoms with Crippen LogP contribution >= 0.6 is 23.8 Å². The Hall–Kier alpha value is -2.38. The Morgan fingerprint density at radius 2 is 2.18 bits per heavy atom. The van der Waals surface area contributed by atoms with Gasteiger partial charge in [-0.3, -0.25) is 5.43 Å². The van der Waals surface area contributed by atoms with Crippen LogP contribution < -0.4 is 10.7 Å². The number of hydrogen-bond donors (Lipinski definition) is 3. The molecule has 0 radical (unpaired) electrons. The monoisotopic (exact) mass is 337 g/mol. The second kappa shape index (κ2) is 7.06. The van der Waals surface area contributed by atoms with E-state index in [0.29, 0.717) is 22.2 Å². The highest BCUT2D eigenvalue weighted by Gasteiger charge is 2.12. The van der Waals surface area contributed by atoms with Crippen LogP contribution in [-0.2, 0) is 0 Å². The fraction of sp³-hybridized carbons (Fsp3) is 0.0714. The highest BCUT2D eigenvalue weighted by Crippen LogP contribution is 2.26. The number of benzene rings is 1. The summed E-state index contributed by atoms with van der Waals surface area (Å²) in [4.78, 5) is 11.1. The maximum absolute atomic E-state index is 11.1. The van der Waals surface area contributed by atoms with E-state index in [1.54, 1.807) is 25.2 Å². The van der Waals surface area contributed by atoms with Crippen molar-refractivity contribution in [1.82, 2.24) is 10.7 Å². The topological polar surface area (TPSA) is 86.9 Å². The molecule has 3 N–H and O–H groups in total. The molecule has 6 nitrogen and oxygen atoms in total. The molecule has 0 amide bonds. The van der Waals surface area contributed by atoms with Gasteiger partial charge in [0.15, 0.2) is 5.11 Å². The summed E-state index contributed by atoms with van der Waals surface area (Å²) >= 11 is 10.7. The van der Waals surface area contributed by atoms with Crippen LogP contribution in [0, 0.1) is 0 Å². The minimum absolute atomic E-state index is 0.0202. The van der Waals surface area contributed by atoms with Gasteiger partial charge in [-0.2, -0.15) is 5.10 Å². The molecule has 114 valence electrons. The van der Waals surface area contributed by atoms with E-state index in [0.717, 1.165) is 0 Å². The van der Waals surface area contributed by atoms with Gasteiger partial charge in [0, 0.05) is 12.6 Å². The lowest BCUT2D eigenvalue weighted by molar-refractivity contribution is 0.0697. The smallest absolute Gasteiger partial charge is 0.337 e. The highest BCUT2D eigenvalue weighted by atomic mass is 35.5. The Balaban J connectivity index is 2.19.